The summed E-state index contributed by atoms with van der Waals surface area (Å²) in [5.74, 6) is 2.39. The first-order chi connectivity index (χ1) is 13.7. The van der Waals surface area contributed by atoms with E-state index in [-0.39, 0.29) is 0 Å². The number of imidazole rings is 1. The minimum absolute atomic E-state index is 0.345. The topological polar surface area (TPSA) is 65.3 Å². The zero-order valence-electron chi connectivity index (χ0n) is 16.3. The summed E-state index contributed by atoms with van der Waals surface area (Å²) in [6, 6.07) is 7.55. The zero-order valence-corrected chi connectivity index (χ0v) is 16.3. The largest absolute Gasteiger partial charge is 0.497 e. The Morgan fingerprint density at radius 2 is 1.89 bits per heavy atom. The number of aromatic nitrogens is 4. The lowest BCUT2D eigenvalue weighted by Crippen LogP contribution is -2.33. The number of hydrogen-bond donors (Lipinski definition) is 0. The quantitative estimate of drug-likeness (QED) is 0.654. The molecule has 0 N–H and O–H groups in total. The van der Waals surface area contributed by atoms with E-state index in [0.717, 1.165) is 43.9 Å². The van der Waals surface area contributed by atoms with Crippen LogP contribution in [0.1, 0.15) is 30.1 Å². The van der Waals surface area contributed by atoms with E-state index < -0.39 is 0 Å². The number of benzene rings is 1. The summed E-state index contributed by atoms with van der Waals surface area (Å²) in [5, 5.41) is 0. The third-order valence-electron chi connectivity index (χ3n) is 5.22. The average Bonchev–Trinajstić information content (AvgIpc) is 3.14. The molecule has 4 rings (SSSR count). The van der Waals surface area contributed by atoms with E-state index in [0.29, 0.717) is 17.5 Å². The minimum Gasteiger partial charge on any atom is -0.497 e. The maximum absolute atomic E-state index is 6.05. The summed E-state index contributed by atoms with van der Waals surface area (Å²) in [4.78, 5) is 15.7. The van der Waals surface area contributed by atoms with Crippen LogP contribution < -0.4 is 9.47 Å². The number of piperidine rings is 1. The lowest BCUT2D eigenvalue weighted by atomic mass is 9.93. The van der Waals surface area contributed by atoms with Crippen LogP contribution in [0.3, 0.4) is 0 Å². The predicted molar refractivity (Wildman–Crippen MR) is 106 cm³/mol. The normalized spacial score (nSPS) is 15.5. The standard InChI is InChI=1S/C21H25N5O2/c1-25-15-22-13-17(25)14-26-10-6-16(7-11-26)20-21(24-9-8-23-20)28-19-5-3-4-18(12-19)27-2/h3-5,8-9,12-13,15-16H,6-7,10-11,14H2,1-2H3. The van der Waals surface area contributed by atoms with Gasteiger partial charge in [0.2, 0.25) is 5.88 Å². The molecule has 2 aromatic heterocycles. The predicted octanol–water partition coefficient (Wildman–Crippen LogP) is 3.39. The Hall–Kier alpha value is -2.93. The molecule has 146 valence electrons. The Kier molecular flexibility index (Phi) is 5.53. The van der Waals surface area contributed by atoms with Crippen LogP contribution in [-0.4, -0.2) is 44.6 Å². The number of rotatable bonds is 6. The van der Waals surface area contributed by atoms with E-state index in [1.54, 1.807) is 19.5 Å². The van der Waals surface area contributed by atoms with Crippen molar-refractivity contribution in [1.82, 2.24) is 24.4 Å². The fraction of sp³-hybridized carbons (Fsp3) is 0.381. The third-order valence-corrected chi connectivity index (χ3v) is 5.22. The van der Waals surface area contributed by atoms with Gasteiger partial charge in [-0.15, -0.1) is 0 Å². The van der Waals surface area contributed by atoms with Gasteiger partial charge in [-0.3, -0.25) is 9.88 Å². The van der Waals surface area contributed by atoms with Crippen LogP contribution >= 0.6 is 0 Å². The summed E-state index contributed by atoms with van der Waals surface area (Å²) < 4.78 is 13.4. The second-order valence-electron chi connectivity index (χ2n) is 7.07. The molecule has 3 heterocycles. The fourth-order valence-corrected chi connectivity index (χ4v) is 3.60. The molecule has 1 aromatic carbocycles. The van der Waals surface area contributed by atoms with Crippen molar-refractivity contribution in [2.24, 2.45) is 7.05 Å². The number of methoxy groups -OCH3 is 1. The maximum atomic E-state index is 6.05. The Morgan fingerprint density at radius 1 is 1.11 bits per heavy atom. The summed E-state index contributed by atoms with van der Waals surface area (Å²) in [6.07, 6.45) is 9.28. The number of aryl methyl sites for hydroxylation is 1. The molecular formula is C21H25N5O2. The number of likely N-dealkylation sites (tertiary alicyclic amines) is 1. The van der Waals surface area contributed by atoms with Crippen molar-refractivity contribution in [2.45, 2.75) is 25.3 Å². The number of hydrogen-bond acceptors (Lipinski definition) is 6. The van der Waals surface area contributed by atoms with Gasteiger partial charge in [0.05, 0.1) is 19.1 Å². The average molecular weight is 379 g/mol. The highest BCUT2D eigenvalue weighted by atomic mass is 16.5. The molecule has 3 aromatic rings. The Morgan fingerprint density at radius 3 is 2.64 bits per heavy atom. The van der Waals surface area contributed by atoms with E-state index in [1.165, 1.54) is 5.69 Å². The molecule has 28 heavy (non-hydrogen) atoms. The van der Waals surface area contributed by atoms with Gasteiger partial charge in [-0.05, 0) is 38.1 Å². The van der Waals surface area contributed by atoms with E-state index in [1.807, 2.05) is 43.8 Å². The first-order valence-corrected chi connectivity index (χ1v) is 9.53. The van der Waals surface area contributed by atoms with E-state index in [4.69, 9.17) is 9.47 Å². The van der Waals surface area contributed by atoms with Crippen molar-refractivity contribution in [3.05, 3.63) is 60.6 Å². The third kappa shape index (κ3) is 4.14. The van der Waals surface area contributed by atoms with Crippen molar-refractivity contribution in [3.63, 3.8) is 0 Å². The van der Waals surface area contributed by atoms with Gasteiger partial charge in [0.15, 0.2) is 0 Å². The molecule has 0 bridgehead atoms. The smallest absolute Gasteiger partial charge is 0.241 e. The highest BCUT2D eigenvalue weighted by Crippen LogP contribution is 2.34. The van der Waals surface area contributed by atoms with Crippen molar-refractivity contribution in [2.75, 3.05) is 20.2 Å². The van der Waals surface area contributed by atoms with E-state index in [9.17, 15) is 0 Å². The van der Waals surface area contributed by atoms with Crippen molar-refractivity contribution >= 4 is 0 Å². The van der Waals surface area contributed by atoms with Gasteiger partial charge in [0, 0.05) is 44.2 Å². The van der Waals surface area contributed by atoms with Crippen LogP contribution in [0.4, 0.5) is 0 Å². The summed E-state index contributed by atoms with van der Waals surface area (Å²) >= 11 is 0. The summed E-state index contributed by atoms with van der Waals surface area (Å²) in [5.41, 5.74) is 2.17. The molecule has 0 saturated carbocycles. The van der Waals surface area contributed by atoms with Crippen LogP contribution in [0.2, 0.25) is 0 Å². The number of nitrogens with zero attached hydrogens (tertiary/aromatic N) is 5. The van der Waals surface area contributed by atoms with Gasteiger partial charge < -0.3 is 14.0 Å². The van der Waals surface area contributed by atoms with Gasteiger partial charge >= 0.3 is 0 Å². The second kappa shape index (κ2) is 8.39. The lowest BCUT2D eigenvalue weighted by molar-refractivity contribution is 0.198. The molecule has 0 atom stereocenters. The molecule has 0 spiro atoms. The van der Waals surface area contributed by atoms with Gasteiger partial charge in [-0.25, -0.2) is 9.97 Å². The molecule has 7 nitrogen and oxygen atoms in total. The van der Waals surface area contributed by atoms with E-state index >= 15 is 0 Å². The van der Waals surface area contributed by atoms with Gasteiger partial charge in [0.25, 0.3) is 0 Å². The monoisotopic (exact) mass is 379 g/mol. The molecule has 7 heteroatoms. The van der Waals surface area contributed by atoms with Crippen molar-refractivity contribution in [1.29, 1.82) is 0 Å². The molecule has 0 radical (unpaired) electrons. The molecular weight excluding hydrogens is 354 g/mol. The van der Waals surface area contributed by atoms with Crippen molar-refractivity contribution in [3.8, 4) is 17.4 Å². The SMILES string of the molecule is COc1cccc(Oc2nccnc2C2CCN(Cc3cncn3C)CC2)c1. The Labute approximate surface area is 165 Å². The molecule has 1 saturated heterocycles. The first-order valence-electron chi connectivity index (χ1n) is 9.53. The molecule has 1 aliphatic rings. The van der Waals surface area contributed by atoms with Gasteiger partial charge in [0.1, 0.15) is 17.2 Å². The van der Waals surface area contributed by atoms with Crippen LogP contribution in [0.15, 0.2) is 49.2 Å². The van der Waals surface area contributed by atoms with Gasteiger partial charge in [-0.1, -0.05) is 6.07 Å². The summed E-state index contributed by atoms with van der Waals surface area (Å²) in [7, 11) is 3.68. The molecule has 0 unspecified atom stereocenters. The van der Waals surface area contributed by atoms with Crippen LogP contribution in [0, 0.1) is 0 Å². The fourth-order valence-electron chi connectivity index (χ4n) is 3.60. The molecule has 1 aliphatic heterocycles. The highest BCUT2D eigenvalue weighted by molar-refractivity contribution is 5.36. The second-order valence-corrected chi connectivity index (χ2v) is 7.07. The van der Waals surface area contributed by atoms with Gasteiger partial charge in [-0.2, -0.15) is 0 Å². The molecule has 0 aliphatic carbocycles. The Bertz CT molecular complexity index is 918. The number of ether oxygens (including phenoxy) is 2. The van der Waals surface area contributed by atoms with Crippen LogP contribution in [-0.2, 0) is 13.6 Å². The lowest BCUT2D eigenvalue weighted by Gasteiger charge is -2.31. The van der Waals surface area contributed by atoms with Crippen LogP contribution in [0.5, 0.6) is 17.4 Å². The Balaban J connectivity index is 1.43. The highest BCUT2D eigenvalue weighted by Gasteiger charge is 2.25. The molecule has 1 fully saturated rings. The summed E-state index contributed by atoms with van der Waals surface area (Å²) in [6.45, 7) is 2.97. The van der Waals surface area contributed by atoms with E-state index in [2.05, 4.69) is 24.4 Å². The molecule has 0 amide bonds. The zero-order chi connectivity index (χ0) is 19.3. The minimum atomic E-state index is 0.345. The maximum Gasteiger partial charge on any atom is 0.241 e. The van der Waals surface area contributed by atoms with Crippen LogP contribution in [0.25, 0.3) is 0 Å². The van der Waals surface area contributed by atoms with Crippen molar-refractivity contribution < 1.29 is 9.47 Å². The first kappa shape index (κ1) is 18.4.